The van der Waals surface area contributed by atoms with Gasteiger partial charge in [-0.2, -0.15) is 0 Å². The number of hydrogen-bond acceptors (Lipinski definition) is 8. The first-order chi connectivity index (χ1) is 17.5. The molecule has 2 heterocycles. The number of piperazine rings is 1. The molecule has 1 fully saturated rings. The van der Waals surface area contributed by atoms with Crippen LogP contribution in [0.3, 0.4) is 0 Å². The van der Waals surface area contributed by atoms with Crippen LogP contribution in [-0.4, -0.2) is 54.1 Å². The Morgan fingerprint density at radius 2 is 1.83 bits per heavy atom. The first-order valence-electron chi connectivity index (χ1n) is 12.2. The number of nitrogens with zero attached hydrogens (tertiary/aromatic N) is 4. The number of nitrogen functional groups attached to an aromatic ring is 1. The first kappa shape index (κ1) is 23.6. The number of esters is 1. The Morgan fingerprint density at radius 3 is 2.56 bits per heavy atom. The molecule has 0 unspecified atom stereocenters. The van der Waals surface area contributed by atoms with Crippen molar-refractivity contribution in [1.29, 1.82) is 0 Å². The van der Waals surface area contributed by atoms with Gasteiger partial charge in [-0.25, -0.2) is 9.97 Å². The lowest BCUT2D eigenvalue weighted by Gasteiger charge is -2.34. The number of nitrogens with two attached hydrogens (primary N) is 1. The van der Waals surface area contributed by atoms with Crippen LogP contribution in [0.1, 0.15) is 13.3 Å². The van der Waals surface area contributed by atoms with Crippen LogP contribution >= 0.6 is 0 Å². The maximum atomic E-state index is 12.1. The van der Waals surface area contributed by atoms with Crippen LogP contribution in [0, 0.1) is 0 Å². The third kappa shape index (κ3) is 5.08. The van der Waals surface area contributed by atoms with Crippen molar-refractivity contribution in [2.24, 2.45) is 0 Å². The van der Waals surface area contributed by atoms with E-state index in [1.54, 1.807) is 19.2 Å². The van der Waals surface area contributed by atoms with E-state index in [-0.39, 0.29) is 12.4 Å². The number of likely N-dealkylation sites (N-methyl/N-ethyl adjacent to an activating group) is 1. The number of carbonyl (C=O) groups is 1. The highest BCUT2D eigenvalue weighted by Gasteiger charge is 2.17. The third-order valence-corrected chi connectivity index (χ3v) is 6.39. The van der Waals surface area contributed by atoms with E-state index in [2.05, 4.69) is 39.3 Å². The van der Waals surface area contributed by atoms with E-state index in [4.69, 9.17) is 15.5 Å². The third-order valence-electron chi connectivity index (χ3n) is 6.39. The number of aromatic nitrogens is 2. The summed E-state index contributed by atoms with van der Waals surface area (Å²) in [7, 11) is 2.16. The van der Waals surface area contributed by atoms with Crippen molar-refractivity contribution in [3.05, 3.63) is 66.9 Å². The van der Waals surface area contributed by atoms with Gasteiger partial charge in [0, 0.05) is 61.2 Å². The lowest BCUT2D eigenvalue weighted by Crippen LogP contribution is -2.44. The van der Waals surface area contributed by atoms with Gasteiger partial charge in [-0.05, 0) is 61.1 Å². The number of fused-ring (bicyclic) bond motifs is 1. The number of carbonyl (C=O) groups excluding carboxylic acids is 1. The minimum Gasteiger partial charge on any atom is -0.426 e. The molecular formula is C28H30N6O2. The molecule has 0 saturated carbocycles. The molecule has 4 aromatic rings. The second-order valence-corrected chi connectivity index (χ2v) is 8.99. The van der Waals surface area contributed by atoms with Gasteiger partial charge in [0.1, 0.15) is 5.75 Å². The molecule has 5 rings (SSSR count). The van der Waals surface area contributed by atoms with Gasteiger partial charge in [0.2, 0.25) is 5.95 Å². The summed E-state index contributed by atoms with van der Waals surface area (Å²) in [6.45, 7) is 5.94. The smallest absolute Gasteiger partial charge is 0.310 e. The van der Waals surface area contributed by atoms with Crippen molar-refractivity contribution < 1.29 is 9.53 Å². The van der Waals surface area contributed by atoms with Crippen molar-refractivity contribution in [2.45, 2.75) is 13.3 Å². The quantitative estimate of drug-likeness (QED) is 0.232. The van der Waals surface area contributed by atoms with Gasteiger partial charge in [0.15, 0.2) is 0 Å². The predicted molar refractivity (Wildman–Crippen MR) is 145 cm³/mol. The molecule has 1 aliphatic heterocycles. The topological polar surface area (TPSA) is 96.6 Å². The van der Waals surface area contributed by atoms with Crippen molar-refractivity contribution in [3.63, 3.8) is 0 Å². The summed E-state index contributed by atoms with van der Waals surface area (Å²) in [4.78, 5) is 26.2. The van der Waals surface area contributed by atoms with Crippen molar-refractivity contribution in [3.8, 4) is 16.9 Å². The zero-order valence-corrected chi connectivity index (χ0v) is 20.6. The van der Waals surface area contributed by atoms with Crippen LogP contribution in [0.15, 0.2) is 66.9 Å². The summed E-state index contributed by atoms with van der Waals surface area (Å²) in [5, 5.41) is 4.15. The minimum atomic E-state index is -0.313. The van der Waals surface area contributed by atoms with Crippen molar-refractivity contribution >= 4 is 39.9 Å². The van der Waals surface area contributed by atoms with Gasteiger partial charge in [-0.1, -0.05) is 19.1 Å². The van der Waals surface area contributed by atoms with Gasteiger partial charge < -0.3 is 25.6 Å². The number of nitrogens with one attached hydrogen (secondary N) is 1. The fourth-order valence-corrected chi connectivity index (χ4v) is 4.34. The number of anilines is 4. The largest absolute Gasteiger partial charge is 0.426 e. The van der Waals surface area contributed by atoms with Crippen molar-refractivity contribution in [1.82, 2.24) is 14.9 Å². The summed E-state index contributed by atoms with van der Waals surface area (Å²) in [5.41, 5.74) is 11.0. The number of hydrogen-bond donors (Lipinski definition) is 2. The molecule has 0 aliphatic carbocycles. The molecule has 0 radical (unpaired) electrons. The highest BCUT2D eigenvalue weighted by Crippen LogP contribution is 2.37. The highest BCUT2D eigenvalue weighted by molar-refractivity contribution is 5.98. The van der Waals surface area contributed by atoms with E-state index in [0.29, 0.717) is 28.5 Å². The Balaban J connectivity index is 1.48. The molecule has 36 heavy (non-hydrogen) atoms. The molecule has 3 N–H and O–H groups in total. The molecule has 3 aromatic carbocycles. The molecule has 8 heteroatoms. The van der Waals surface area contributed by atoms with E-state index >= 15 is 0 Å². The predicted octanol–water partition coefficient (Wildman–Crippen LogP) is 4.69. The maximum Gasteiger partial charge on any atom is 0.310 e. The van der Waals surface area contributed by atoms with E-state index in [9.17, 15) is 4.79 Å². The van der Waals surface area contributed by atoms with Crippen LogP contribution in [0.5, 0.6) is 5.75 Å². The monoisotopic (exact) mass is 482 g/mol. The van der Waals surface area contributed by atoms with Crippen LogP contribution in [0.4, 0.5) is 23.0 Å². The lowest BCUT2D eigenvalue weighted by atomic mass is 10.0. The molecule has 1 aliphatic rings. The van der Waals surface area contributed by atoms with Crippen molar-refractivity contribution in [2.75, 3.05) is 49.2 Å². The molecule has 1 aromatic heterocycles. The summed E-state index contributed by atoms with van der Waals surface area (Å²) < 4.78 is 5.66. The van der Waals surface area contributed by atoms with Gasteiger partial charge >= 0.3 is 5.97 Å². The Labute approximate surface area is 210 Å². The number of rotatable bonds is 6. The second kappa shape index (κ2) is 10.2. The molecular weight excluding hydrogens is 452 g/mol. The first-order valence-corrected chi connectivity index (χ1v) is 12.2. The summed E-state index contributed by atoms with van der Waals surface area (Å²) in [6.07, 6.45) is 2.04. The number of ether oxygens (including phenoxy) is 1. The van der Waals surface area contributed by atoms with Gasteiger partial charge in [0.25, 0.3) is 0 Å². The summed E-state index contributed by atoms with van der Waals surface area (Å²) in [5.74, 6) is 0.590. The standard InChI is InChI=1S/C28H30N6O2/c1-3-25(35)36-24-12-7-20-18-30-28(32-27(20)26(24)19-5-4-6-21(29)17-19)31-22-8-10-23(11-9-22)34-15-13-33(2)14-16-34/h4-12,17-18H,3,13-16,29H2,1-2H3,(H,30,31,32). The van der Waals surface area contributed by atoms with E-state index in [1.807, 2.05) is 42.5 Å². The molecule has 0 bridgehead atoms. The Hall–Kier alpha value is -4.17. The Kier molecular flexibility index (Phi) is 6.69. The maximum absolute atomic E-state index is 12.1. The van der Waals surface area contributed by atoms with E-state index in [1.165, 1.54) is 5.69 Å². The molecule has 1 saturated heterocycles. The molecule has 0 atom stereocenters. The van der Waals surface area contributed by atoms with Crippen LogP contribution < -0.4 is 20.7 Å². The molecule has 0 amide bonds. The SMILES string of the molecule is CCC(=O)Oc1ccc2cnc(Nc3ccc(N4CCN(C)CC4)cc3)nc2c1-c1cccc(N)c1. The number of benzene rings is 3. The highest BCUT2D eigenvalue weighted by atomic mass is 16.5. The summed E-state index contributed by atoms with van der Waals surface area (Å²) >= 11 is 0. The zero-order chi connectivity index (χ0) is 25.1. The Morgan fingerprint density at radius 1 is 1.06 bits per heavy atom. The Bertz CT molecular complexity index is 1380. The average Bonchev–Trinajstić information content (AvgIpc) is 2.89. The van der Waals surface area contributed by atoms with Gasteiger partial charge in [-0.15, -0.1) is 0 Å². The zero-order valence-electron chi connectivity index (χ0n) is 20.6. The lowest BCUT2D eigenvalue weighted by molar-refractivity contribution is -0.133. The average molecular weight is 483 g/mol. The fourth-order valence-electron chi connectivity index (χ4n) is 4.34. The second-order valence-electron chi connectivity index (χ2n) is 8.99. The normalized spacial score (nSPS) is 14.1. The molecule has 184 valence electrons. The van der Waals surface area contributed by atoms with E-state index in [0.717, 1.165) is 42.8 Å². The molecule has 8 nitrogen and oxygen atoms in total. The molecule has 0 spiro atoms. The summed E-state index contributed by atoms with van der Waals surface area (Å²) in [6, 6.07) is 19.4. The van der Waals surface area contributed by atoms with E-state index < -0.39 is 0 Å². The van der Waals surface area contributed by atoms with Crippen LogP contribution in [0.2, 0.25) is 0 Å². The van der Waals surface area contributed by atoms with Crippen LogP contribution in [0.25, 0.3) is 22.0 Å². The fraction of sp³-hybridized carbons (Fsp3) is 0.250. The minimum absolute atomic E-state index is 0.273. The van der Waals surface area contributed by atoms with Gasteiger partial charge in [-0.3, -0.25) is 4.79 Å². The van der Waals surface area contributed by atoms with Gasteiger partial charge in [0.05, 0.1) is 11.1 Å². The van der Waals surface area contributed by atoms with Crippen LogP contribution in [-0.2, 0) is 4.79 Å².